The zero-order chi connectivity index (χ0) is 14.6. The van der Waals surface area contributed by atoms with Crippen LogP contribution in [-0.4, -0.2) is 26.2 Å². The van der Waals surface area contributed by atoms with Gasteiger partial charge in [0.25, 0.3) is 0 Å². The Morgan fingerprint density at radius 3 is 2.63 bits per heavy atom. The van der Waals surface area contributed by atoms with Crippen molar-refractivity contribution in [1.29, 1.82) is 5.26 Å². The second-order valence-corrected chi connectivity index (χ2v) is 5.98. The second kappa shape index (κ2) is 6.10. The molecule has 0 amide bonds. The van der Waals surface area contributed by atoms with Crippen LogP contribution in [0.4, 0.5) is 4.39 Å². The van der Waals surface area contributed by atoms with Crippen LogP contribution >= 0.6 is 0 Å². The summed E-state index contributed by atoms with van der Waals surface area (Å²) in [4.78, 5) is -0.396. The van der Waals surface area contributed by atoms with Crippen molar-refractivity contribution >= 4 is 10.0 Å². The van der Waals surface area contributed by atoms with Crippen molar-refractivity contribution in [3.63, 3.8) is 0 Å². The molecule has 0 aromatic heterocycles. The van der Waals surface area contributed by atoms with E-state index >= 15 is 0 Å². The number of nitriles is 1. The molecule has 7 heteroatoms. The molecule has 1 rings (SSSR count). The molecule has 0 fully saturated rings. The minimum Gasteiger partial charge on any atom is -0.396 e. The van der Waals surface area contributed by atoms with Crippen LogP contribution in [0.1, 0.15) is 19.4 Å². The predicted molar refractivity (Wildman–Crippen MR) is 67.1 cm³/mol. The molecule has 0 spiro atoms. The number of sulfonamides is 1. The van der Waals surface area contributed by atoms with Gasteiger partial charge in [0.1, 0.15) is 22.3 Å². The van der Waals surface area contributed by atoms with Crippen molar-refractivity contribution in [3.8, 4) is 6.07 Å². The summed E-state index contributed by atoms with van der Waals surface area (Å²) in [6.07, 6.45) is 0. The number of benzene rings is 1. The van der Waals surface area contributed by atoms with E-state index in [0.717, 1.165) is 6.07 Å². The normalized spacial score (nSPS) is 14.7. The number of halogens is 1. The van der Waals surface area contributed by atoms with Gasteiger partial charge in [-0.25, -0.2) is 17.5 Å². The maximum atomic E-state index is 13.4. The number of hydrogen-bond donors (Lipinski definition) is 2. The van der Waals surface area contributed by atoms with Gasteiger partial charge in [-0.05, 0) is 25.0 Å². The quantitative estimate of drug-likeness (QED) is 0.844. The number of aliphatic hydroxyl groups excluding tert-OH is 1. The Balaban J connectivity index is 3.16. The highest BCUT2D eigenvalue weighted by molar-refractivity contribution is 7.89. The summed E-state index contributed by atoms with van der Waals surface area (Å²) in [5, 5.41) is 17.8. The van der Waals surface area contributed by atoms with Crippen molar-refractivity contribution in [3.05, 3.63) is 29.6 Å². The van der Waals surface area contributed by atoms with Crippen LogP contribution in [0.25, 0.3) is 0 Å². The third-order valence-electron chi connectivity index (χ3n) is 2.86. The van der Waals surface area contributed by atoms with E-state index in [1.807, 2.05) is 0 Å². The van der Waals surface area contributed by atoms with E-state index in [9.17, 15) is 12.8 Å². The lowest BCUT2D eigenvalue weighted by Gasteiger charge is -2.19. The Kier molecular flexibility index (Phi) is 5.00. The molecule has 2 N–H and O–H groups in total. The maximum Gasteiger partial charge on any atom is 0.242 e. The molecule has 19 heavy (non-hydrogen) atoms. The smallest absolute Gasteiger partial charge is 0.242 e. The monoisotopic (exact) mass is 286 g/mol. The van der Waals surface area contributed by atoms with Crippen LogP contribution in [0.3, 0.4) is 0 Å². The Morgan fingerprint density at radius 1 is 1.47 bits per heavy atom. The lowest BCUT2D eigenvalue weighted by Crippen LogP contribution is -2.38. The summed E-state index contributed by atoms with van der Waals surface area (Å²) < 4.78 is 39.9. The summed E-state index contributed by atoms with van der Waals surface area (Å²) in [5.41, 5.74) is -0.515. The van der Waals surface area contributed by atoms with E-state index in [2.05, 4.69) is 4.72 Å². The standard InChI is InChI=1S/C12H15FN2O3S/c1-8(7-16)9(2)15-19(17,18)12-5-3-4-11(13)10(12)6-14/h3-5,8-9,15-16H,7H2,1-2H3. The van der Waals surface area contributed by atoms with Crippen LogP contribution in [0.2, 0.25) is 0 Å². The number of nitrogens with one attached hydrogen (secondary N) is 1. The molecule has 0 aliphatic carbocycles. The van der Waals surface area contributed by atoms with Gasteiger partial charge in [-0.2, -0.15) is 5.26 Å². The van der Waals surface area contributed by atoms with Gasteiger partial charge in [0.15, 0.2) is 0 Å². The first kappa shape index (κ1) is 15.6. The van der Waals surface area contributed by atoms with Gasteiger partial charge in [0.2, 0.25) is 10.0 Å². The van der Waals surface area contributed by atoms with Gasteiger partial charge in [-0.15, -0.1) is 0 Å². The van der Waals surface area contributed by atoms with E-state index in [1.54, 1.807) is 19.9 Å². The van der Waals surface area contributed by atoms with Gasteiger partial charge in [0.05, 0.1) is 0 Å². The highest BCUT2D eigenvalue weighted by Crippen LogP contribution is 2.18. The van der Waals surface area contributed by atoms with Gasteiger partial charge in [-0.3, -0.25) is 0 Å². The van der Waals surface area contributed by atoms with E-state index in [-0.39, 0.29) is 12.5 Å². The molecule has 2 unspecified atom stereocenters. The van der Waals surface area contributed by atoms with Crippen molar-refractivity contribution in [2.24, 2.45) is 5.92 Å². The van der Waals surface area contributed by atoms with Crippen LogP contribution in [0.5, 0.6) is 0 Å². The number of rotatable bonds is 5. The summed E-state index contributed by atoms with van der Waals surface area (Å²) >= 11 is 0. The fourth-order valence-corrected chi connectivity index (χ4v) is 2.94. The number of aliphatic hydroxyl groups is 1. The first-order chi connectivity index (χ1) is 8.83. The third kappa shape index (κ3) is 3.50. The van der Waals surface area contributed by atoms with E-state index in [0.29, 0.717) is 0 Å². The lowest BCUT2D eigenvalue weighted by molar-refractivity contribution is 0.216. The van der Waals surface area contributed by atoms with Crippen LogP contribution in [0.15, 0.2) is 23.1 Å². The van der Waals surface area contributed by atoms with Gasteiger partial charge in [0, 0.05) is 12.6 Å². The van der Waals surface area contributed by atoms with Gasteiger partial charge in [-0.1, -0.05) is 13.0 Å². The van der Waals surface area contributed by atoms with E-state index < -0.39 is 32.3 Å². The second-order valence-electron chi connectivity index (χ2n) is 4.29. The van der Waals surface area contributed by atoms with E-state index in [1.165, 1.54) is 12.1 Å². The summed E-state index contributed by atoms with van der Waals surface area (Å²) in [5.74, 6) is -1.18. The first-order valence-electron chi connectivity index (χ1n) is 5.65. The molecule has 0 radical (unpaired) electrons. The Bertz CT molecular complexity index is 595. The first-order valence-corrected chi connectivity index (χ1v) is 7.13. The molecule has 0 saturated heterocycles. The molecule has 0 heterocycles. The zero-order valence-electron chi connectivity index (χ0n) is 10.6. The minimum absolute atomic E-state index is 0.183. The van der Waals surface area contributed by atoms with Crippen LogP contribution in [-0.2, 0) is 10.0 Å². The Hall–Kier alpha value is -1.49. The number of hydrogen-bond acceptors (Lipinski definition) is 4. The molecule has 5 nitrogen and oxygen atoms in total. The third-order valence-corrected chi connectivity index (χ3v) is 4.46. The van der Waals surface area contributed by atoms with Gasteiger partial charge >= 0.3 is 0 Å². The fourth-order valence-electron chi connectivity index (χ4n) is 1.42. The molecule has 2 atom stereocenters. The Labute approximate surface area is 111 Å². The zero-order valence-corrected chi connectivity index (χ0v) is 11.4. The van der Waals surface area contributed by atoms with Crippen LogP contribution in [0, 0.1) is 23.1 Å². The summed E-state index contributed by atoms with van der Waals surface area (Å²) in [6.45, 7) is 3.08. The predicted octanol–water partition coefficient (Wildman–Crippen LogP) is 0.993. The largest absolute Gasteiger partial charge is 0.396 e. The average Bonchev–Trinajstić information content (AvgIpc) is 2.36. The topological polar surface area (TPSA) is 90.2 Å². The molecule has 1 aromatic carbocycles. The molecular weight excluding hydrogens is 271 g/mol. The minimum atomic E-state index is -4.00. The fraction of sp³-hybridized carbons (Fsp3) is 0.417. The number of nitrogens with zero attached hydrogens (tertiary/aromatic N) is 1. The molecule has 0 aliphatic heterocycles. The van der Waals surface area contributed by atoms with Crippen LogP contribution < -0.4 is 4.72 Å². The van der Waals surface area contributed by atoms with Crippen molar-refractivity contribution in [2.45, 2.75) is 24.8 Å². The average molecular weight is 286 g/mol. The van der Waals surface area contributed by atoms with Crippen molar-refractivity contribution < 1.29 is 17.9 Å². The maximum absolute atomic E-state index is 13.4. The summed E-state index contributed by atoms with van der Waals surface area (Å²) in [7, 11) is -4.00. The highest BCUT2D eigenvalue weighted by Gasteiger charge is 2.24. The Morgan fingerprint density at radius 2 is 2.11 bits per heavy atom. The highest BCUT2D eigenvalue weighted by atomic mass is 32.2. The molecule has 0 bridgehead atoms. The SMILES string of the molecule is CC(CO)C(C)NS(=O)(=O)c1cccc(F)c1C#N. The van der Waals surface area contributed by atoms with Crippen molar-refractivity contribution in [1.82, 2.24) is 4.72 Å². The lowest BCUT2D eigenvalue weighted by atomic mass is 10.1. The van der Waals surface area contributed by atoms with E-state index in [4.69, 9.17) is 10.4 Å². The molecular formula is C12H15FN2O3S. The molecule has 0 aliphatic rings. The van der Waals surface area contributed by atoms with Crippen molar-refractivity contribution in [2.75, 3.05) is 6.61 Å². The summed E-state index contributed by atoms with van der Waals surface area (Å²) in [6, 6.07) is 4.42. The molecule has 0 saturated carbocycles. The van der Waals surface area contributed by atoms with Gasteiger partial charge < -0.3 is 5.11 Å². The molecule has 1 aromatic rings. The molecule has 104 valence electrons.